The van der Waals surface area contributed by atoms with Crippen molar-refractivity contribution in [3.63, 3.8) is 0 Å². The Labute approximate surface area is 120 Å². The van der Waals surface area contributed by atoms with Crippen molar-refractivity contribution < 1.29 is 22.7 Å². The lowest BCUT2D eigenvalue weighted by molar-refractivity contribution is 0.102. The highest BCUT2D eigenvalue weighted by Gasteiger charge is 2.13. The number of phenols is 1. The van der Waals surface area contributed by atoms with Gasteiger partial charge in [-0.05, 0) is 36.4 Å². The first-order valence-corrected chi connectivity index (χ1v) is 7.25. The summed E-state index contributed by atoms with van der Waals surface area (Å²) in [6.07, 6.45) is 0. The molecule has 0 saturated carbocycles. The van der Waals surface area contributed by atoms with E-state index in [4.69, 9.17) is 10.2 Å². The average Bonchev–Trinajstić information content (AvgIpc) is 2.38. The lowest BCUT2D eigenvalue weighted by Gasteiger charge is -2.07. The van der Waals surface area contributed by atoms with Gasteiger partial charge in [0.25, 0.3) is 5.91 Å². The van der Waals surface area contributed by atoms with Gasteiger partial charge < -0.3 is 10.4 Å². The van der Waals surface area contributed by atoms with Gasteiger partial charge in [0.2, 0.25) is 10.0 Å². The highest BCUT2D eigenvalue weighted by atomic mass is 32.2. The predicted octanol–water partition coefficient (Wildman–Crippen LogP) is 1.43. The van der Waals surface area contributed by atoms with Gasteiger partial charge in [-0.15, -0.1) is 0 Å². The first kappa shape index (κ1) is 14.9. The number of sulfonamides is 1. The molecular weight excluding hydrogens is 299 g/mol. The Morgan fingerprint density at radius 2 is 1.76 bits per heavy atom. The number of amides is 1. The number of halogens is 1. The van der Waals surface area contributed by atoms with Gasteiger partial charge >= 0.3 is 0 Å². The Hall–Kier alpha value is -2.45. The minimum atomic E-state index is -3.81. The molecule has 6 nitrogen and oxygen atoms in total. The molecule has 0 heterocycles. The molecule has 0 atom stereocenters. The second-order valence-corrected chi connectivity index (χ2v) is 5.75. The van der Waals surface area contributed by atoms with Crippen LogP contribution in [0.5, 0.6) is 5.75 Å². The summed E-state index contributed by atoms with van der Waals surface area (Å²) >= 11 is 0. The van der Waals surface area contributed by atoms with Crippen LogP contribution in [0.3, 0.4) is 0 Å². The van der Waals surface area contributed by atoms with Crippen LogP contribution < -0.4 is 10.5 Å². The van der Waals surface area contributed by atoms with E-state index in [1.807, 2.05) is 0 Å². The molecule has 2 aromatic rings. The van der Waals surface area contributed by atoms with Crippen LogP contribution in [0.15, 0.2) is 47.4 Å². The summed E-state index contributed by atoms with van der Waals surface area (Å²) < 4.78 is 35.7. The smallest absolute Gasteiger partial charge is 0.258 e. The fourth-order valence-corrected chi connectivity index (χ4v) is 2.13. The van der Waals surface area contributed by atoms with Crippen LogP contribution in [-0.4, -0.2) is 19.4 Å². The molecule has 0 aromatic heterocycles. The Morgan fingerprint density at radius 1 is 1.14 bits per heavy atom. The van der Waals surface area contributed by atoms with E-state index in [2.05, 4.69) is 5.32 Å². The second kappa shape index (κ2) is 5.51. The maximum atomic E-state index is 13.5. The maximum absolute atomic E-state index is 13.5. The quantitative estimate of drug-likeness (QED) is 0.796. The monoisotopic (exact) mass is 310 g/mol. The normalized spacial score (nSPS) is 11.1. The highest BCUT2D eigenvalue weighted by molar-refractivity contribution is 7.89. The van der Waals surface area contributed by atoms with E-state index in [-0.39, 0.29) is 21.9 Å². The number of phenolic OH excluding ortho intramolecular Hbond substituents is 1. The number of hydrogen-bond donors (Lipinski definition) is 3. The minimum absolute atomic E-state index is 0.101. The molecule has 110 valence electrons. The zero-order chi connectivity index (χ0) is 15.6. The Kier molecular flexibility index (Phi) is 3.92. The fourth-order valence-electron chi connectivity index (χ4n) is 1.61. The molecule has 0 aliphatic heterocycles. The van der Waals surface area contributed by atoms with Crippen LogP contribution >= 0.6 is 0 Å². The van der Waals surface area contributed by atoms with Gasteiger partial charge in [-0.2, -0.15) is 0 Å². The van der Waals surface area contributed by atoms with E-state index in [1.165, 1.54) is 30.3 Å². The molecule has 0 aliphatic rings. The summed E-state index contributed by atoms with van der Waals surface area (Å²) in [6, 6.07) is 8.24. The van der Waals surface area contributed by atoms with E-state index < -0.39 is 21.7 Å². The van der Waals surface area contributed by atoms with Crippen molar-refractivity contribution in [2.45, 2.75) is 4.90 Å². The SMILES string of the molecule is NS(=O)(=O)c1ccc(NC(=O)c2ccc(O)cc2F)cc1. The van der Waals surface area contributed by atoms with Crippen molar-refractivity contribution in [3.05, 3.63) is 53.8 Å². The molecule has 0 fully saturated rings. The number of aromatic hydroxyl groups is 1. The lowest BCUT2D eigenvalue weighted by atomic mass is 10.2. The third-order valence-corrected chi connectivity index (χ3v) is 3.57. The van der Waals surface area contributed by atoms with E-state index in [0.29, 0.717) is 0 Å². The molecule has 0 saturated heterocycles. The molecule has 0 bridgehead atoms. The molecule has 4 N–H and O–H groups in total. The second-order valence-electron chi connectivity index (χ2n) is 4.19. The number of nitrogens with two attached hydrogens (primary N) is 1. The molecule has 0 aliphatic carbocycles. The van der Waals surface area contributed by atoms with Crippen LogP contribution in [0.2, 0.25) is 0 Å². The topological polar surface area (TPSA) is 109 Å². The molecule has 2 rings (SSSR count). The zero-order valence-corrected chi connectivity index (χ0v) is 11.4. The van der Waals surface area contributed by atoms with Crippen molar-refractivity contribution in [2.24, 2.45) is 5.14 Å². The van der Waals surface area contributed by atoms with Gasteiger partial charge in [0.1, 0.15) is 11.6 Å². The van der Waals surface area contributed by atoms with Crippen LogP contribution in [0.4, 0.5) is 10.1 Å². The minimum Gasteiger partial charge on any atom is -0.508 e. The van der Waals surface area contributed by atoms with E-state index in [0.717, 1.165) is 12.1 Å². The van der Waals surface area contributed by atoms with E-state index in [1.54, 1.807) is 0 Å². The largest absolute Gasteiger partial charge is 0.508 e. The van der Waals surface area contributed by atoms with Crippen molar-refractivity contribution in [1.29, 1.82) is 0 Å². The van der Waals surface area contributed by atoms with Gasteiger partial charge in [-0.3, -0.25) is 4.79 Å². The molecule has 21 heavy (non-hydrogen) atoms. The summed E-state index contributed by atoms with van der Waals surface area (Å²) in [6.45, 7) is 0. The van der Waals surface area contributed by atoms with Crippen molar-refractivity contribution in [3.8, 4) is 5.75 Å². The van der Waals surface area contributed by atoms with Crippen LogP contribution in [0.1, 0.15) is 10.4 Å². The predicted molar refractivity (Wildman–Crippen MR) is 73.8 cm³/mol. The number of carbonyl (C=O) groups excluding carboxylic acids is 1. The van der Waals surface area contributed by atoms with Crippen molar-refractivity contribution in [1.82, 2.24) is 0 Å². The van der Waals surface area contributed by atoms with Crippen LogP contribution in [0, 0.1) is 5.82 Å². The first-order valence-electron chi connectivity index (χ1n) is 5.70. The first-order chi connectivity index (χ1) is 9.77. The van der Waals surface area contributed by atoms with Crippen molar-refractivity contribution in [2.75, 3.05) is 5.32 Å². The number of primary sulfonamides is 1. The summed E-state index contributed by atoms with van der Waals surface area (Å²) in [4.78, 5) is 11.8. The lowest BCUT2D eigenvalue weighted by Crippen LogP contribution is -2.14. The number of hydrogen-bond acceptors (Lipinski definition) is 4. The number of nitrogens with one attached hydrogen (secondary N) is 1. The highest BCUT2D eigenvalue weighted by Crippen LogP contribution is 2.18. The molecule has 1 amide bonds. The number of carbonyl (C=O) groups is 1. The molecule has 8 heteroatoms. The zero-order valence-electron chi connectivity index (χ0n) is 10.6. The Morgan fingerprint density at radius 3 is 2.29 bits per heavy atom. The fraction of sp³-hybridized carbons (Fsp3) is 0. The third-order valence-electron chi connectivity index (χ3n) is 2.64. The molecule has 0 radical (unpaired) electrons. The maximum Gasteiger partial charge on any atom is 0.258 e. The summed E-state index contributed by atoms with van der Waals surface area (Å²) in [7, 11) is -3.81. The van der Waals surface area contributed by atoms with Crippen LogP contribution in [-0.2, 0) is 10.0 Å². The van der Waals surface area contributed by atoms with E-state index in [9.17, 15) is 17.6 Å². The van der Waals surface area contributed by atoms with Gasteiger partial charge in [0.15, 0.2) is 0 Å². The number of rotatable bonds is 3. The van der Waals surface area contributed by atoms with Gasteiger partial charge in [0.05, 0.1) is 10.5 Å². The Bertz CT molecular complexity index is 788. The molecule has 2 aromatic carbocycles. The summed E-state index contributed by atoms with van der Waals surface area (Å²) in [5, 5.41) is 16.4. The van der Waals surface area contributed by atoms with E-state index >= 15 is 0 Å². The number of benzene rings is 2. The van der Waals surface area contributed by atoms with Crippen molar-refractivity contribution >= 4 is 21.6 Å². The number of anilines is 1. The summed E-state index contributed by atoms with van der Waals surface area (Å²) in [5.74, 6) is -1.88. The average molecular weight is 310 g/mol. The van der Waals surface area contributed by atoms with Gasteiger partial charge in [0, 0.05) is 11.8 Å². The van der Waals surface area contributed by atoms with Crippen LogP contribution in [0.25, 0.3) is 0 Å². The molecular formula is C13H11FN2O4S. The Balaban J connectivity index is 2.20. The molecule has 0 spiro atoms. The molecule has 0 unspecified atom stereocenters. The standard InChI is InChI=1S/C13H11FN2O4S/c14-12-7-9(17)3-6-11(12)13(18)16-8-1-4-10(5-2-8)21(15,19)20/h1-7,17H,(H,16,18)(H2,15,19,20). The van der Waals surface area contributed by atoms with Gasteiger partial charge in [-0.1, -0.05) is 0 Å². The van der Waals surface area contributed by atoms with Gasteiger partial charge in [-0.25, -0.2) is 17.9 Å². The third kappa shape index (κ3) is 3.56. The summed E-state index contributed by atoms with van der Waals surface area (Å²) in [5.41, 5.74) is 0.0307.